The van der Waals surface area contributed by atoms with Crippen molar-refractivity contribution in [2.24, 2.45) is 0 Å². The number of rotatable bonds is 3. The molecule has 1 fully saturated rings. The Kier molecular flexibility index (Phi) is 3.58. The smallest absolute Gasteiger partial charge is 0.250 e. The van der Waals surface area contributed by atoms with Crippen LogP contribution in [-0.4, -0.2) is 42.3 Å². The van der Waals surface area contributed by atoms with Crippen molar-refractivity contribution in [3.63, 3.8) is 0 Å². The number of pyridine rings is 1. The Balaban J connectivity index is 1.93. The molecule has 1 aromatic heterocycles. The minimum atomic E-state index is 0.00228. The van der Waals surface area contributed by atoms with Gasteiger partial charge in [-0.25, -0.2) is 0 Å². The average molecular weight is 223 g/mol. The molecule has 88 valence electrons. The first-order valence-corrected chi connectivity index (χ1v) is 5.52. The van der Waals surface area contributed by atoms with Crippen LogP contribution in [0.1, 0.15) is 0 Å². The largest absolute Gasteiger partial charge is 0.398 e. The van der Waals surface area contributed by atoms with Crippen LogP contribution in [0.15, 0.2) is 23.1 Å². The molecule has 0 saturated carbocycles. The Labute approximate surface area is 94.4 Å². The number of hydrogen-bond acceptors (Lipinski definition) is 4. The molecule has 2 heterocycles. The number of nitrogen functional groups attached to an aromatic ring is 1. The molecule has 1 saturated heterocycles. The molecule has 0 aromatic carbocycles. The summed E-state index contributed by atoms with van der Waals surface area (Å²) in [6.07, 6.45) is 1.70. The third-order valence-corrected chi connectivity index (χ3v) is 2.77. The van der Waals surface area contributed by atoms with E-state index in [9.17, 15) is 4.79 Å². The summed E-state index contributed by atoms with van der Waals surface area (Å²) in [5.74, 6) is 0. The van der Waals surface area contributed by atoms with Crippen LogP contribution in [-0.2, 0) is 11.3 Å². The monoisotopic (exact) mass is 223 g/mol. The van der Waals surface area contributed by atoms with Crippen molar-refractivity contribution in [3.05, 3.63) is 28.7 Å². The van der Waals surface area contributed by atoms with Crippen molar-refractivity contribution >= 4 is 5.69 Å². The van der Waals surface area contributed by atoms with Crippen LogP contribution in [0.2, 0.25) is 0 Å². The van der Waals surface area contributed by atoms with E-state index in [4.69, 9.17) is 10.5 Å². The van der Waals surface area contributed by atoms with Gasteiger partial charge in [0, 0.05) is 44.1 Å². The molecule has 0 amide bonds. The summed E-state index contributed by atoms with van der Waals surface area (Å²) in [5, 5.41) is 0. The second kappa shape index (κ2) is 5.14. The number of anilines is 1. The van der Waals surface area contributed by atoms with Crippen molar-refractivity contribution < 1.29 is 4.74 Å². The second-order valence-electron chi connectivity index (χ2n) is 3.95. The molecule has 0 spiro atoms. The van der Waals surface area contributed by atoms with Crippen molar-refractivity contribution in [1.29, 1.82) is 0 Å². The maximum absolute atomic E-state index is 11.5. The van der Waals surface area contributed by atoms with Crippen LogP contribution in [0.25, 0.3) is 0 Å². The number of morpholine rings is 1. The van der Waals surface area contributed by atoms with E-state index >= 15 is 0 Å². The van der Waals surface area contributed by atoms with E-state index in [1.165, 1.54) is 6.07 Å². The predicted octanol–water partition coefficient (Wildman–Crippen LogP) is -0.237. The first-order valence-electron chi connectivity index (χ1n) is 5.52. The van der Waals surface area contributed by atoms with Gasteiger partial charge < -0.3 is 15.0 Å². The molecule has 1 aliphatic heterocycles. The first kappa shape index (κ1) is 11.2. The van der Waals surface area contributed by atoms with Gasteiger partial charge in [0.25, 0.3) is 5.56 Å². The van der Waals surface area contributed by atoms with Gasteiger partial charge in [0.1, 0.15) is 0 Å². The molecule has 16 heavy (non-hydrogen) atoms. The third-order valence-electron chi connectivity index (χ3n) is 2.77. The summed E-state index contributed by atoms with van der Waals surface area (Å²) in [7, 11) is 0. The van der Waals surface area contributed by atoms with E-state index in [0.717, 1.165) is 32.8 Å². The highest BCUT2D eigenvalue weighted by molar-refractivity contribution is 5.33. The summed E-state index contributed by atoms with van der Waals surface area (Å²) in [6.45, 7) is 5.00. The molecular weight excluding hydrogens is 206 g/mol. The minimum Gasteiger partial charge on any atom is -0.398 e. The highest BCUT2D eigenvalue weighted by Gasteiger charge is 2.09. The summed E-state index contributed by atoms with van der Waals surface area (Å²) in [4.78, 5) is 13.8. The molecule has 2 N–H and O–H groups in total. The quantitative estimate of drug-likeness (QED) is 0.768. The van der Waals surface area contributed by atoms with E-state index in [1.54, 1.807) is 16.8 Å². The molecule has 1 aromatic rings. The highest BCUT2D eigenvalue weighted by atomic mass is 16.5. The third kappa shape index (κ3) is 2.84. The first-order chi connectivity index (χ1) is 7.75. The SMILES string of the molecule is Nc1ccc(=O)n(CCN2CCOCC2)c1. The highest BCUT2D eigenvalue weighted by Crippen LogP contribution is 1.99. The molecule has 0 atom stereocenters. The summed E-state index contributed by atoms with van der Waals surface area (Å²) >= 11 is 0. The van der Waals surface area contributed by atoms with E-state index in [1.807, 2.05) is 0 Å². The number of nitrogens with zero attached hydrogens (tertiary/aromatic N) is 2. The normalized spacial score (nSPS) is 17.5. The lowest BCUT2D eigenvalue weighted by Crippen LogP contribution is -2.39. The van der Waals surface area contributed by atoms with Gasteiger partial charge in [-0.2, -0.15) is 0 Å². The Hall–Kier alpha value is -1.33. The number of aromatic nitrogens is 1. The minimum absolute atomic E-state index is 0.00228. The van der Waals surface area contributed by atoms with Crippen LogP contribution >= 0.6 is 0 Å². The zero-order valence-electron chi connectivity index (χ0n) is 9.26. The molecule has 0 radical (unpaired) electrons. The van der Waals surface area contributed by atoms with Gasteiger partial charge in [0.2, 0.25) is 0 Å². The van der Waals surface area contributed by atoms with Crippen molar-refractivity contribution in [3.8, 4) is 0 Å². The molecular formula is C11H17N3O2. The number of nitrogens with two attached hydrogens (primary N) is 1. The van der Waals surface area contributed by atoms with Gasteiger partial charge in [-0.05, 0) is 6.07 Å². The van der Waals surface area contributed by atoms with Crippen LogP contribution in [0.3, 0.4) is 0 Å². The van der Waals surface area contributed by atoms with Crippen molar-refractivity contribution in [2.75, 3.05) is 38.6 Å². The van der Waals surface area contributed by atoms with Gasteiger partial charge in [-0.1, -0.05) is 0 Å². The van der Waals surface area contributed by atoms with Crippen LogP contribution in [0.4, 0.5) is 5.69 Å². The average Bonchev–Trinajstić information content (AvgIpc) is 2.32. The predicted molar refractivity (Wildman–Crippen MR) is 62.4 cm³/mol. The molecule has 2 rings (SSSR count). The van der Waals surface area contributed by atoms with Crippen LogP contribution < -0.4 is 11.3 Å². The van der Waals surface area contributed by atoms with Crippen LogP contribution in [0.5, 0.6) is 0 Å². The summed E-state index contributed by atoms with van der Waals surface area (Å²) in [5.41, 5.74) is 6.27. The number of hydrogen-bond donors (Lipinski definition) is 1. The zero-order chi connectivity index (χ0) is 11.4. The van der Waals surface area contributed by atoms with Gasteiger partial charge in [0.15, 0.2) is 0 Å². The van der Waals surface area contributed by atoms with Gasteiger partial charge in [-0.15, -0.1) is 0 Å². The second-order valence-corrected chi connectivity index (χ2v) is 3.95. The lowest BCUT2D eigenvalue weighted by Gasteiger charge is -2.26. The Morgan fingerprint density at radius 2 is 2.00 bits per heavy atom. The Morgan fingerprint density at radius 3 is 2.75 bits per heavy atom. The molecule has 5 nitrogen and oxygen atoms in total. The van der Waals surface area contributed by atoms with Crippen molar-refractivity contribution in [1.82, 2.24) is 9.47 Å². The fraction of sp³-hybridized carbons (Fsp3) is 0.545. The van der Waals surface area contributed by atoms with E-state index in [-0.39, 0.29) is 5.56 Å². The maximum atomic E-state index is 11.5. The molecule has 0 aliphatic carbocycles. The van der Waals surface area contributed by atoms with Gasteiger partial charge in [0.05, 0.1) is 13.2 Å². The topological polar surface area (TPSA) is 60.5 Å². The number of ether oxygens (including phenoxy) is 1. The fourth-order valence-electron chi connectivity index (χ4n) is 1.80. The van der Waals surface area contributed by atoms with Gasteiger partial charge in [-0.3, -0.25) is 9.69 Å². The van der Waals surface area contributed by atoms with E-state index < -0.39 is 0 Å². The summed E-state index contributed by atoms with van der Waals surface area (Å²) < 4.78 is 6.92. The van der Waals surface area contributed by atoms with E-state index in [0.29, 0.717) is 12.2 Å². The molecule has 0 bridgehead atoms. The van der Waals surface area contributed by atoms with E-state index in [2.05, 4.69) is 4.90 Å². The lowest BCUT2D eigenvalue weighted by molar-refractivity contribution is 0.0363. The van der Waals surface area contributed by atoms with Crippen LogP contribution in [0, 0.1) is 0 Å². The van der Waals surface area contributed by atoms with Crippen molar-refractivity contribution in [2.45, 2.75) is 6.54 Å². The fourth-order valence-corrected chi connectivity index (χ4v) is 1.80. The Morgan fingerprint density at radius 1 is 1.25 bits per heavy atom. The standard InChI is InChI=1S/C11H17N3O2/c12-10-1-2-11(15)14(9-10)4-3-13-5-7-16-8-6-13/h1-2,9H,3-8,12H2. The Bertz CT molecular complexity index is 396. The van der Waals surface area contributed by atoms with Gasteiger partial charge >= 0.3 is 0 Å². The molecule has 0 unspecified atom stereocenters. The lowest BCUT2D eigenvalue weighted by atomic mass is 10.4. The maximum Gasteiger partial charge on any atom is 0.250 e. The zero-order valence-corrected chi connectivity index (χ0v) is 9.26. The molecule has 5 heteroatoms. The molecule has 1 aliphatic rings. The summed E-state index contributed by atoms with van der Waals surface area (Å²) in [6, 6.07) is 3.14.